The van der Waals surface area contributed by atoms with E-state index in [1.165, 1.54) is 16.9 Å². The number of aromatic nitrogens is 4. The molecule has 6 nitrogen and oxygen atoms in total. The van der Waals surface area contributed by atoms with Gasteiger partial charge in [-0.15, -0.1) is 10.2 Å². The Morgan fingerprint density at radius 2 is 1.68 bits per heavy atom. The summed E-state index contributed by atoms with van der Waals surface area (Å²) < 4.78 is 13.0. The van der Waals surface area contributed by atoms with Gasteiger partial charge >= 0.3 is 0 Å². The van der Waals surface area contributed by atoms with Crippen molar-refractivity contribution in [2.45, 2.75) is 26.3 Å². The molecule has 25 heavy (non-hydrogen) atoms. The molecule has 128 valence electrons. The molecule has 2 aromatic carbocycles. The maximum absolute atomic E-state index is 13.0. The Bertz CT molecular complexity index is 856. The summed E-state index contributed by atoms with van der Waals surface area (Å²) in [6, 6.07) is 13.7. The van der Waals surface area contributed by atoms with Crippen molar-refractivity contribution < 1.29 is 9.18 Å². The van der Waals surface area contributed by atoms with Gasteiger partial charge in [-0.3, -0.25) is 4.79 Å². The van der Waals surface area contributed by atoms with Gasteiger partial charge in [0, 0.05) is 5.69 Å². The number of tetrazole rings is 1. The summed E-state index contributed by atoms with van der Waals surface area (Å²) in [4.78, 5) is 13.6. The lowest BCUT2D eigenvalue weighted by Gasteiger charge is -2.06. The minimum Gasteiger partial charge on any atom is -0.326 e. The molecule has 0 bridgehead atoms. The molecule has 0 saturated heterocycles. The second kappa shape index (κ2) is 7.21. The van der Waals surface area contributed by atoms with E-state index in [4.69, 9.17) is 0 Å². The number of nitrogens with zero attached hydrogens (tertiary/aromatic N) is 4. The van der Waals surface area contributed by atoms with Crippen molar-refractivity contribution in [2.75, 3.05) is 5.32 Å². The van der Waals surface area contributed by atoms with Crippen molar-refractivity contribution in [3.8, 4) is 11.1 Å². The average molecular weight is 339 g/mol. The van der Waals surface area contributed by atoms with E-state index in [-0.39, 0.29) is 24.2 Å². The minimum absolute atomic E-state index is 0.0619. The van der Waals surface area contributed by atoms with Crippen LogP contribution in [0.5, 0.6) is 0 Å². The number of rotatable bonds is 5. The highest BCUT2D eigenvalue weighted by molar-refractivity contribution is 5.92. The first-order valence-electron chi connectivity index (χ1n) is 7.95. The summed E-state index contributed by atoms with van der Waals surface area (Å²) in [7, 11) is 0. The van der Waals surface area contributed by atoms with Gasteiger partial charge in [0.2, 0.25) is 5.91 Å². The molecule has 0 saturated carbocycles. The fraction of sp³-hybridized carbons (Fsp3) is 0.222. The van der Waals surface area contributed by atoms with Crippen LogP contribution >= 0.6 is 0 Å². The van der Waals surface area contributed by atoms with Gasteiger partial charge in [0.05, 0.1) is 12.5 Å². The van der Waals surface area contributed by atoms with E-state index >= 15 is 0 Å². The predicted molar refractivity (Wildman–Crippen MR) is 92.4 cm³/mol. The molecular weight excluding hydrogens is 321 g/mol. The van der Waals surface area contributed by atoms with Crippen LogP contribution in [0.25, 0.3) is 11.1 Å². The van der Waals surface area contributed by atoms with Crippen LogP contribution in [0.3, 0.4) is 0 Å². The summed E-state index contributed by atoms with van der Waals surface area (Å²) in [5, 5.41) is 14.7. The van der Waals surface area contributed by atoms with Crippen LogP contribution in [0.4, 0.5) is 10.1 Å². The monoisotopic (exact) mass is 339 g/mol. The first-order valence-corrected chi connectivity index (χ1v) is 7.95. The number of benzene rings is 2. The fourth-order valence-electron chi connectivity index (χ4n) is 2.28. The van der Waals surface area contributed by atoms with E-state index in [2.05, 4.69) is 20.7 Å². The van der Waals surface area contributed by atoms with E-state index in [1.54, 1.807) is 24.3 Å². The summed E-state index contributed by atoms with van der Waals surface area (Å²) in [5.41, 5.74) is 2.53. The molecule has 0 fully saturated rings. The Hall–Kier alpha value is -3.09. The number of halogens is 1. The number of carbonyl (C=O) groups is 1. The topological polar surface area (TPSA) is 72.7 Å². The number of hydrogen-bond acceptors (Lipinski definition) is 4. The maximum Gasteiger partial charge on any atom is 0.232 e. The molecule has 0 unspecified atom stereocenters. The van der Waals surface area contributed by atoms with Crippen LogP contribution in [-0.2, 0) is 11.2 Å². The zero-order chi connectivity index (χ0) is 17.8. The molecule has 0 aliphatic carbocycles. The molecule has 0 atom stereocenters. The number of hydrogen-bond donors (Lipinski definition) is 1. The normalized spacial score (nSPS) is 10.9. The van der Waals surface area contributed by atoms with Gasteiger partial charge in [0.25, 0.3) is 0 Å². The first kappa shape index (κ1) is 16.8. The molecule has 0 spiro atoms. The Labute approximate surface area is 144 Å². The molecule has 1 aromatic heterocycles. The molecule has 7 heteroatoms. The number of nitrogens with one attached hydrogen (secondary N) is 1. The molecular formula is C18H18FN5O. The SMILES string of the molecule is CC(C)n1nnc(CC(=O)Nc2ccc(-c3ccc(F)cc3)cc2)n1. The summed E-state index contributed by atoms with van der Waals surface area (Å²) in [5.74, 6) is -0.0948. The molecule has 0 aliphatic rings. The van der Waals surface area contributed by atoms with Crippen molar-refractivity contribution in [3.63, 3.8) is 0 Å². The van der Waals surface area contributed by atoms with Gasteiger partial charge in [-0.1, -0.05) is 24.3 Å². The third-order valence-electron chi connectivity index (χ3n) is 3.60. The van der Waals surface area contributed by atoms with E-state index in [0.29, 0.717) is 11.5 Å². The summed E-state index contributed by atoms with van der Waals surface area (Å²) in [6.45, 7) is 3.88. The lowest BCUT2D eigenvalue weighted by molar-refractivity contribution is -0.115. The van der Waals surface area contributed by atoms with Crippen molar-refractivity contribution in [3.05, 3.63) is 60.2 Å². The van der Waals surface area contributed by atoms with Crippen molar-refractivity contribution in [1.82, 2.24) is 20.2 Å². The summed E-state index contributed by atoms with van der Waals surface area (Å²) >= 11 is 0. The summed E-state index contributed by atoms with van der Waals surface area (Å²) in [6.07, 6.45) is 0.0619. The third-order valence-corrected chi connectivity index (χ3v) is 3.60. The number of anilines is 1. The van der Waals surface area contributed by atoms with Crippen LogP contribution in [-0.4, -0.2) is 26.1 Å². The molecule has 0 radical (unpaired) electrons. The van der Waals surface area contributed by atoms with Crippen LogP contribution in [0.2, 0.25) is 0 Å². The first-order chi connectivity index (χ1) is 12.0. The number of amides is 1. The van der Waals surface area contributed by atoms with E-state index in [9.17, 15) is 9.18 Å². The molecule has 1 amide bonds. The van der Waals surface area contributed by atoms with Gasteiger partial charge in [0.15, 0.2) is 5.82 Å². The molecule has 3 aromatic rings. The smallest absolute Gasteiger partial charge is 0.232 e. The van der Waals surface area contributed by atoms with Crippen molar-refractivity contribution in [1.29, 1.82) is 0 Å². The van der Waals surface area contributed by atoms with Crippen LogP contribution in [0, 0.1) is 5.82 Å². The lowest BCUT2D eigenvalue weighted by Crippen LogP contribution is -2.15. The average Bonchev–Trinajstić information content (AvgIpc) is 3.05. The maximum atomic E-state index is 13.0. The third kappa shape index (κ3) is 4.26. The predicted octanol–water partition coefficient (Wildman–Crippen LogP) is 3.24. The fourth-order valence-corrected chi connectivity index (χ4v) is 2.28. The standard InChI is InChI=1S/C18H18FN5O/c1-12(2)24-22-17(21-23-24)11-18(25)20-16-9-5-14(6-10-16)13-3-7-15(19)8-4-13/h3-10,12H,11H2,1-2H3,(H,20,25). The van der Waals surface area contributed by atoms with Crippen LogP contribution in [0.15, 0.2) is 48.5 Å². The van der Waals surface area contributed by atoms with Crippen molar-refractivity contribution >= 4 is 11.6 Å². The van der Waals surface area contributed by atoms with E-state index < -0.39 is 0 Å². The Kier molecular flexibility index (Phi) is 4.83. The van der Waals surface area contributed by atoms with Gasteiger partial charge in [-0.2, -0.15) is 4.80 Å². The quantitative estimate of drug-likeness (QED) is 0.774. The van der Waals surface area contributed by atoms with Crippen LogP contribution in [0.1, 0.15) is 25.7 Å². The largest absolute Gasteiger partial charge is 0.326 e. The highest BCUT2D eigenvalue weighted by Crippen LogP contribution is 2.21. The van der Waals surface area contributed by atoms with E-state index in [1.807, 2.05) is 26.0 Å². The highest BCUT2D eigenvalue weighted by atomic mass is 19.1. The Morgan fingerprint density at radius 3 is 2.24 bits per heavy atom. The molecule has 3 rings (SSSR count). The Balaban J connectivity index is 1.62. The van der Waals surface area contributed by atoms with Gasteiger partial charge in [0.1, 0.15) is 5.82 Å². The minimum atomic E-state index is -0.268. The molecule has 1 N–H and O–H groups in total. The van der Waals surface area contributed by atoms with E-state index in [0.717, 1.165) is 11.1 Å². The zero-order valence-corrected chi connectivity index (χ0v) is 14.0. The van der Waals surface area contributed by atoms with Gasteiger partial charge in [-0.25, -0.2) is 4.39 Å². The zero-order valence-electron chi connectivity index (χ0n) is 14.0. The van der Waals surface area contributed by atoms with Gasteiger partial charge < -0.3 is 5.32 Å². The lowest BCUT2D eigenvalue weighted by atomic mass is 10.1. The second-order valence-electron chi connectivity index (χ2n) is 5.93. The van der Waals surface area contributed by atoms with Crippen LogP contribution < -0.4 is 5.32 Å². The number of carbonyl (C=O) groups excluding carboxylic acids is 1. The Morgan fingerprint density at radius 1 is 1.08 bits per heavy atom. The highest BCUT2D eigenvalue weighted by Gasteiger charge is 2.11. The molecule has 0 aliphatic heterocycles. The molecule has 1 heterocycles. The van der Waals surface area contributed by atoms with Crippen molar-refractivity contribution in [2.24, 2.45) is 0 Å². The second-order valence-corrected chi connectivity index (χ2v) is 5.93. The van der Waals surface area contributed by atoms with Gasteiger partial charge in [-0.05, 0) is 54.5 Å².